The van der Waals surface area contributed by atoms with Crippen LogP contribution >= 0.6 is 7.26 Å². The van der Waals surface area contributed by atoms with Gasteiger partial charge in [0.25, 0.3) is 0 Å². The van der Waals surface area contributed by atoms with Gasteiger partial charge in [0.15, 0.2) is 5.47 Å². The molecule has 0 aromatic heterocycles. The van der Waals surface area contributed by atoms with Crippen LogP contribution in [0.5, 0.6) is 0 Å². The van der Waals surface area contributed by atoms with Crippen molar-refractivity contribution >= 4 is 31.2 Å². The van der Waals surface area contributed by atoms with Crippen molar-refractivity contribution < 1.29 is 17.1 Å². The second-order valence-electron chi connectivity index (χ2n) is 7.90. The molecule has 0 N–H and O–H groups in total. The molecular weight excluding hydrogens is 399 g/mol. The molecule has 0 amide bonds. The highest BCUT2D eigenvalue weighted by molar-refractivity contribution is 7.97. The smallest absolute Gasteiger partial charge is 0.162 e. The number of ether oxygens (including phenoxy) is 1. The van der Waals surface area contributed by atoms with Gasteiger partial charge in [-0.15, -0.1) is 0 Å². The maximum atomic E-state index is 6.65. The Labute approximate surface area is 177 Å². The lowest BCUT2D eigenvalue weighted by molar-refractivity contribution is -0.00000611. The Kier molecular flexibility index (Phi) is 8.03. The summed E-state index contributed by atoms with van der Waals surface area (Å²) < 4.78 is 6.65. The minimum absolute atomic E-state index is 0. The van der Waals surface area contributed by atoms with Crippen molar-refractivity contribution in [2.75, 3.05) is 6.61 Å². The number of hydrogen-bond acceptors (Lipinski definition) is 1. The Morgan fingerprint density at radius 3 is 1.25 bits per heavy atom. The third-order valence-corrected chi connectivity index (χ3v) is 14.2. The molecule has 148 valence electrons. The standard InChI is InChI=1S/C24H30OPSi.ClH/c1-5-25-24(27(2,3)4)26(21-15-9-6-10-16-21,22-17-11-7-12-18-22)23-19-13-8-14-20-23;/h6-20,24H,5H2,1-4H3;1H/q+1;/p-1. The van der Waals surface area contributed by atoms with Gasteiger partial charge in [-0.2, -0.15) is 0 Å². The van der Waals surface area contributed by atoms with E-state index >= 15 is 0 Å². The van der Waals surface area contributed by atoms with Gasteiger partial charge in [-0.3, -0.25) is 0 Å². The van der Waals surface area contributed by atoms with Crippen LogP contribution in [0.25, 0.3) is 0 Å². The maximum Gasteiger partial charge on any atom is 0.162 e. The maximum absolute atomic E-state index is 6.65. The molecule has 1 atom stereocenters. The quantitative estimate of drug-likeness (QED) is 0.414. The molecule has 0 saturated heterocycles. The zero-order valence-electron chi connectivity index (χ0n) is 17.2. The van der Waals surface area contributed by atoms with E-state index in [0.717, 1.165) is 6.61 Å². The zero-order valence-corrected chi connectivity index (χ0v) is 19.8. The van der Waals surface area contributed by atoms with Gasteiger partial charge in [0.2, 0.25) is 0 Å². The summed E-state index contributed by atoms with van der Waals surface area (Å²) in [5, 5.41) is 4.22. The normalized spacial score (nSPS) is 12.9. The van der Waals surface area contributed by atoms with E-state index in [9.17, 15) is 0 Å². The van der Waals surface area contributed by atoms with Crippen molar-refractivity contribution in [1.82, 2.24) is 0 Å². The lowest BCUT2D eigenvalue weighted by Gasteiger charge is -2.40. The molecule has 1 nitrogen and oxygen atoms in total. The van der Waals surface area contributed by atoms with Crippen LogP contribution in [-0.2, 0) is 4.74 Å². The van der Waals surface area contributed by atoms with Crippen LogP contribution < -0.4 is 28.3 Å². The summed E-state index contributed by atoms with van der Waals surface area (Å²) in [5.74, 6) is 0. The minimum atomic E-state index is -1.96. The van der Waals surface area contributed by atoms with E-state index in [1.807, 2.05) is 0 Å². The summed E-state index contributed by atoms with van der Waals surface area (Å²) >= 11 is 0. The molecule has 4 heteroatoms. The lowest BCUT2D eigenvalue weighted by atomic mass is 10.4. The first-order valence-electron chi connectivity index (χ1n) is 9.68. The van der Waals surface area contributed by atoms with Gasteiger partial charge in [-0.25, -0.2) is 0 Å². The van der Waals surface area contributed by atoms with Crippen LogP contribution in [-0.4, -0.2) is 20.1 Å². The zero-order chi connectivity index (χ0) is 19.3. The van der Waals surface area contributed by atoms with E-state index < -0.39 is 15.3 Å². The van der Waals surface area contributed by atoms with E-state index in [2.05, 4.69) is 118 Å². The molecule has 0 bridgehead atoms. The Morgan fingerprint density at radius 2 is 1.00 bits per heavy atom. The fraction of sp³-hybridized carbons (Fsp3) is 0.250. The summed E-state index contributed by atoms with van der Waals surface area (Å²) in [7, 11) is -3.63. The fourth-order valence-electron chi connectivity index (χ4n) is 3.94. The van der Waals surface area contributed by atoms with Crippen LogP contribution in [0.3, 0.4) is 0 Å². The van der Waals surface area contributed by atoms with E-state index in [-0.39, 0.29) is 17.9 Å². The van der Waals surface area contributed by atoms with Gasteiger partial charge in [-0.05, 0) is 43.3 Å². The molecule has 3 rings (SSSR count). The second-order valence-corrected chi connectivity index (χ2v) is 17.1. The predicted octanol–water partition coefficient (Wildman–Crippen LogP) is 2.22. The number of hydrogen-bond donors (Lipinski definition) is 0. The topological polar surface area (TPSA) is 9.23 Å². The molecule has 0 radical (unpaired) electrons. The SMILES string of the molecule is CCOC([Si](C)(C)C)[P+](c1ccccc1)(c1ccccc1)c1ccccc1.[Cl-]. The number of rotatable bonds is 7. The Morgan fingerprint density at radius 1 is 0.679 bits per heavy atom. The Balaban J connectivity index is 0.00000280. The highest BCUT2D eigenvalue weighted by Crippen LogP contribution is 2.62. The van der Waals surface area contributed by atoms with Gasteiger partial charge in [-0.1, -0.05) is 74.2 Å². The van der Waals surface area contributed by atoms with Gasteiger partial charge in [0.05, 0.1) is 0 Å². The van der Waals surface area contributed by atoms with E-state index in [1.165, 1.54) is 15.9 Å². The first-order chi connectivity index (χ1) is 13.0. The molecule has 0 saturated carbocycles. The third-order valence-electron chi connectivity index (χ3n) is 4.91. The van der Waals surface area contributed by atoms with Gasteiger partial charge in [0.1, 0.15) is 31.2 Å². The van der Waals surface area contributed by atoms with Gasteiger partial charge in [0, 0.05) is 6.61 Å². The highest BCUT2D eigenvalue weighted by atomic mass is 35.5. The van der Waals surface area contributed by atoms with E-state index in [4.69, 9.17) is 4.74 Å². The van der Waals surface area contributed by atoms with E-state index in [1.54, 1.807) is 0 Å². The molecule has 3 aromatic carbocycles. The lowest BCUT2D eigenvalue weighted by Crippen LogP contribution is -3.00. The highest BCUT2D eigenvalue weighted by Gasteiger charge is 2.57. The van der Waals surface area contributed by atoms with Crippen LogP contribution in [0.2, 0.25) is 19.6 Å². The number of benzene rings is 3. The minimum Gasteiger partial charge on any atom is -1.00 e. The van der Waals surface area contributed by atoms with Crippen LogP contribution in [0.1, 0.15) is 6.92 Å². The molecule has 0 aliphatic rings. The summed E-state index contributed by atoms with van der Waals surface area (Å²) in [5.41, 5.74) is 0.224. The van der Waals surface area contributed by atoms with Crippen molar-refractivity contribution in [3.63, 3.8) is 0 Å². The first-order valence-corrected chi connectivity index (χ1v) is 15.1. The van der Waals surface area contributed by atoms with Crippen molar-refractivity contribution in [3.05, 3.63) is 91.0 Å². The Hall–Kier alpha value is -1.44. The largest absolute Gasteiger partial charge is 1.00 e. The molecule has 0 aliphatic heterocycles. The molecular formula is C24H30ClOPSi. The van der Waals surface area contributed by atoms with E-state index in [0.29, 0.717) is 0 Å². The van der Waals surface area contributed by atoms with Gasteiger partial charge >= 0.3 is 0 Å². The Bertz CT molecular complexity index is 738. The first kappa shape index (κ1) is 22.8. The summed E-state index contributed by atoms with van der Waals surface area (Å²) in [6.45, 7) is 10.2. The average Bonchev–Trinajstić information content (AvgIpc) is 2.70. The fourth-order valence-corrected chi connectivity index (χ4v) is 14.6. The molecule has 3 aromatic rings. The van der Waals surface area contributed by atoms with Gasteiger partial charge < -0.3 is 17.1 Å². The monoisotopic (exact) mass is 428 g/mol. The molecule has 0 aliphatic carbocycles. The average molecular weight is 429 g/mol. The molecule has 28 heavy (non-hydrogen) atoms. The predicted molar refractivity (Wildman–Crippen MR) is 124 cm³/mol. The summed E-state index contributed by atoms with van der Waals surface area (Å²) in [6, 6.07) is 33.2. The van der Waals surface area contributed by atoms with Crippen LogP contribution in [0.4, 0.5) is 0 Å². The van der Waals surface area contributed by atoms with Crippen molar-refractivity contribution in [2.24, 2.45) is 0 Å². The number of halogens is 1. The second kappa shape index (κ2) is 9.85. The summed E-state index contributed by atoms with van der Waals surface area (Å²) in [4.78, 5) is 0. The molecule has 0 heterocycles. The van der Waals surface area contributed by atoms with Crippen molar-refractivity contribution in [3.8, 4) is 0 Å². The molecule has 1 unspecified atom stereocenters. The summed E-state index contributed by atoms with van der Waals surface area (Å²) in [6.07, 6.45) is 0. The molecule has 0 spiro atoms. The molecule has 0 fully saturated rings. The third kappa shape index (κ3) is 4.42. The van der Waals surface area contributed by atoms with Crippen molar-refractivity contribution in [1.29, 1.82) is 0 Å². The van der Waals surface area contributed by atoms with Crippen LogP contribution in [0.15, 0.2) is 91.0 Å². The van der Waals surface area contributed by atoms with Crippen LogP contribution in [0, 0.1) is 0 Å². The van der Waals surface area contributed by atoms with Crippen molar-refractivity contribution in [2.45, 2.75) is 32.0 Å².